The number of fused-ring (bicyclic) bond motifs is 1. The summed E-state index contributed by atoms with van der Waals surface area (Å²) in [6.07, 6.45) is 1.06. The molecule has 8 heteroatoms. The van der Waals surface area contributed by atoms with Crippen molar-refractivity contribution in [3.05, 3.63) is 33.8 Å². The number of halogens is 1. The summed E-state index contributed by atoms with van der Waals surface area (Å²) in [6, 6.07) is 4.98. The molecule has 0 saturated carbocycles. The summed E-state index contributed by atoms with van der Waals surface area (Å²) in [7, 11) is 0. The van der Waals surface area contributed by atoms with Crippen LogP contribution >= 0.6 is 15.9 Å². The van der Waals surface area contributed by atoms with Crippen LogP contribution in [0.2, 0.25) is 0 Å². The highest BCUT2D eigenvalue weighted by Crippen LogP contribution is 2.26. The maximum absolute atomic E-state index is 12.3. The smallest absolute Gasteiger partial charge is 0.261 e. The van der Waals surface area contributed by atoms with E-state index in [0.717, 1.165) is 4.47 Å². The van der Waals surface area contributed by atoms with E-state index in [1.165, 1.54) is 4.90 Å². The Balaban J connectivity index is 1.68. The molecule has 7 nitrogen and oxygen atoms in total. The third-order valence-corrected chi connectivity index (χ3v) is 4.57. The van der Waals surface area contributed by atoms with Gasteiger partial charge in [0.25, 0.3) is 11.8 Å². The second-order valence-electron chi connectivity index (χ2n) is 6.85. The van der Waals surface area contributed by atoms with Crippen molar-refractivity contribution in [2.45, 2.75) is 33.1 Å². The van der Waals surface area contributed by atoms with E-state index in [0.29, 0.717) is 43.0 Å². The Bertz CT molecular complexity index is 748. The van der Waals surface area contributed by atoms with Gasteiger partial charge in [-0.3, -0.25) is 24.1 Å². The van der Waals surface area contributed by atoms with Crippen LogP contribution in [0.4, 0.5) is 0 Å². The minimum atomic E-state index is -0.329. The van der Waals surface area contributed by atoms with Crippen LogP contribution < -0.4 is 10.6 Å². The van der Waals surface area contributed by atoms with Crippen LogP contribution in [0.3, 0.4) is 0 Å². The normalized spacial score (nSPS) is 13.1. The first-order chi connectivity index (χ1) is 12.8. The van der Waals surface area contributed by atoms with E-state index < -0.39 is 0 Å². The average Bonchev–Trinajstić information content (AvgIpc) is 2.82. The number of hydrogen-bond acceptors (Lipinski definition) is 4. The van der Waals surface area contributed by atoms with Crippen molar-refractivity contribution in [2.75, 3.05) is 19.6 Å². The molecule has 4 amide bonds. The zero-order chi connectivity index (χ0) is 20.0. The van der Waals surface area contributed by atoms with Gasteiger partial charge in [0.15, 0.2) is 0 Å². The van der Waals surface area contributed by atoms with Crippen LogP contribution in [-0.2, 0) is 9.59 Å². The van der Waals surface area contributed by atoms with Crippen molar-refractivity contribution in [1.82, 2.24) is 15.5 Å². The van der Waals surface area contributed by atoms with Crippen molar-refractivity contribution in [3.63, 3.8) is 0 Å². The van der Waals surface area contributed by atoms with Crippen LogP contribution in [0.1, 0.15) is 53.8 Å². The highest BCUT2D eigenvalue weighted by atomic mass is 79.9. The number of imide groups is 1. The molecule has 1 heterocycles. The average molecular weight is 438 g/mol. The van der Waals surface area contributed by atoms with Gasteiger partial charge in [-0.15, -0.1) is 0 Å². The molecule has 0 bridgehead atoms. The van der Waals surface area contributed by atoms with Gasteiger partial charge in [0.05, 0.1) is 11.1 Å². The van der Waals surface area contributed by atoms with Crippen molar-refractivity contribution in [2.24, 2.45) is 5.92 Å². The van der Waals surface area contributed by atoms with Crippen LogP contribution in [0.5, 0.6) is 0 Å². The largest absolute Gasteiger partial charge is 0.354 e. The van der Waals surface area contributed by atoms with Gasteiger partial charge in [-0.1, -0.05) is 29.8 Å². The molecular weight excluding hydrogens is 414 g/mol. The second-order valence-corrected chi connectivity index (χ2v) is 7.77. The van der Waals surface area contributed by atoms with E-state index in [1.54, 1.807) is 18.2 Å². The van der Waals surface area contributed by atoms with E-state index in [2.05, 4.69) is 26.6 Å². The van der Waals surface area contributed by atoms with Crippen LogP contribution in [-0.4, -0.2) is 48.2 Å². The minimum Gasteiger partial charge on any atom is -0.354 e. The third kappa shape index (κ3) is 5.89. The van der Waals surface area contributed by atoms with Crippen molar-refractivity contribution in [1.29, 1.82) is 0 Å². The second kappa shape index (κ2) is 9.64. The number of amides is 4. The van der Waals surface area contributed by atoms with Crippen LogP contribution in [0, 0.1) is 5.92 Å². The van der Waals surface area contributed by atoms with Gasteiger partial charge in [-0.2, -0.15) is 0 Å². The van der Waals surface area contributed by atoms with E-state index >= 15 is 0 Å². The van der Waals surface area contributed by atoms with Gasteiger partial charge < -0.3 is 10.6 Å². The first-order valence-electron chi connectivity index (χ1n) is 8.98. The Kier molecular flexibility index (Phi) is 7.53. The maximum atomic E-state index is 12.3. The number of carbonyl (C=O) groups is 4. The lowest BCUT2D eigenvalue weighted by atomic mass is 10.1. The molecule has 1 aromatic carbocycles. The fourth-order valence-electron chi connectivity index (χ4n) is 2.80. The fraction of sp³-hybridized carbons (Fsp3) is 0.474. The van der Waals surface area contributed by atoms with Crippen LogP contribution in [0.25, 0.3) is 0 Å². The van der Waals surface area contributed by atoms with Crippen molar-refractivity contribution in [3.8, 4) is 0 Å². The molecule has 0 aromatic heterocycles. The SMILES string of the molecule is CC(C)CC(=O)NCCNC(=O)CCCN1C(=O)c2ccc(Br)cc2C1=O. The summed E-state index contributed by atoms with van der Waals surface area (Å²) in [5, 5.41) is 5.46. The Labute approximate surface area is 167 Å². The predicted octanol–water partition coefficient (Wildman–Crippen LogP) is 2.10. The molecule has 0 atom stereocenters. The quantitative estimate of drug-likeness (QED) is 0.456. The summed E-state index contributed by atoms with van der Waals surface area (Å²) >= 11 is 3.29. The van der Waals surface area contributed by atoms with Gasteiger partial charge in [0.1, 0.15) is 0 Å². The zero-order valence-corrected chi connectivity index (χ0v) is 17.1. The maximum Gasteiger partial charge on any atom is 0.261 e. The molecule has 0 spiro atoms. The summed E-state index contributed by atoms with van der Waals surface area (Å²) in [6.45, 7) is 4.86. The summed E-state index contributed by atoms with van der Waals surface area (Å²) in [5.74, 6) is -0.563. The number of nitrogens with zero attached hydrogens (tertiary/aromatic N) is 1. The summed E-state index contributed by atoms with van der Waals surface area (Å²) < 4.78 is 0.740. The molecular formula is C19H24BrN3O4. The summed E-state index contributed by atoms with van der Waals surface area (Å²) in [4.78, 5) is 49.1. The number of rotatable bonds is 9. The lowest BCUT2D eigenvalue weighted by molar-refractivity contribution is -0.123. The van der Waals surface area contributed by atoms with E-state index in [4.69, 9.17) is 0 Å². The molecule has 27 heavy (non-hydrogen) atoms. The monoisotopic (exact) mass is 437 g/mol. The van der Waals surface area contributed by atoms with Crippen LogP contribution in [0.15, 0.2) is 22.7 Å². The van der Waals surface area contributed by atoms with Gasteiger partial charge >= 0.3 is 0 Å². The Morgan fingerprint density at radius 1 is 1.04 bits per heavy atom. The molecule has 2 N–H and O–H groups in total. The van der Waals surface area contributed by atoms with E-state index in [-0.39, 0.29) is 36.6 Å². The van der Waals surface area contributed by atoms with Gasteiger partial charge in [-0.05, 0) is 30.5 Å². The lowest BCUT2D eigenvalue weighted by Crippen LogP contribution is -2.35. The Morgan fingerprint density at radius 3 is 2.33 bits per heavy atom. The molecule has 1 aliphatic rings. The third-order valence-electron chi connectivity index (χ3n) is 4.08. The van der Waals surface area contributed by atoms with Crippen molar-refractivity contribution < 1.29 is 19.2 Å². The summed E-state index contributed by atoms with van der Waals surface area (Å²) in [5.41, 5.74) is 0.778. The number of benzene rings is 1. The number of nitrogens with one attached hydrogen (secondary N) is 2. The molecule has 1 aliphatic heterocycles. The zero-order valence-electron chi connectivity index (χ0n) is 15.5. The molecule has 0 unspecified atom stereocenters. The number of carbonyl (C=O) groups excluding carboxylic acids is 4. The fourth-order valence-corrected chi connectivity index (χ4v) is 3.16. The van der Waals surface area contributed by atoms with Gasteiger partial charge in [0, 0.05) is 36.9 Å². The highest BCUT2D eigenvalue weighted by Gasteiger charge is 2.35. The van der Waals surface area contributed by atoms with Gasteiger partial charge in [-0.25, -0.2) is 0 Å². The molecule has 0 saturated heterocycles. The first-order valence-corrected chi connectivity index (χ1v) is 9.78. The Hall–Kier alpha value is -2.22. The predicted molar refractivity (Wildman–Crippen MR) is 104 cm³/mol. The van der Waals surface area contributed by atoms with Gasteiger partial charge in [0.2, 0.25) is 11.8 Å². The molecule has 146 valence electrons. The molecule has 2 rings (SSSR count). The molecule has 0 aliphatic carbocycles. The Morgan fingerprint density at radius 2 is 1.67 bits per heavy atom. The first kappa shape index (κ1) is 21.1. The molecule has 0 fully saturated rings. The van der Waals surface area contributed by atoms with E-state index in [9.17, 15) is 19.2 Å². The molecule has 1 aromatic rings. The molecule has 0 radical (unpaired) electrons. The highest BCUT2D eigenvalue weighted by molar-refractivity contribution is 9.10. The lowest BCUT2D eigenvalue weighted by Gasteiger charge is -2.13. The van der Waals surface area contributed by atoms with Crippen molar-refractivity contribution >= 4 is 39.6 Å². The standard InChI is InChI=1S/C19H24BrN3O4/c1-12(2)10-17(25)22-8-7-21-16(24)4-3-9-23-18(26)14-6-5-13(20)11-15(14)19(23)27/h5-6,11-12H,3-4,7-10H2,1-2H3,(H,21,24)(H,22,25). The topological polar surface area (TPSA) is 95.6 Å². The minimum absolute atomic E-state index is 0.0310. The van der Waals surface area contributed by atoms with E-state index in [1.807, 2.05) is 13.8 Å². The number of hydrogen-bond donors (Lipinski definition) is 2.